The molecule has 0 atom stereocenters. The van der Waals surface area contributed by atoms with Gasteiger partial charge in [0.15, 0.2) is 5.78 Å². The number of hydrogen-bond donors (Lipinski definition) is 0. The maximum Gasteiger partial charge on any atom is 0.189 e. The number of fused-ring (bicyclic) bond motifs is 1. The number of carbonyl (C=O) groups is 1. The number of carbonyl (C=O) groups excluding carboxylic acids is 1. The maximum absolute atomic E-state index is 13.1. The molecule has 2 heteroatoms. The van der Waals surface area contributed by atoms with Crippen LogP contribution in [0.5, 0.6) is 0 Å². The van der Waals surface area contributed by atoms with Crippen LogP contribution in [-0.2, 0) is 6.42 Å². The van der Waals surface area contributed by atoms with Gasteiger partial charge in [-0.05, 0) is 42.2 Å². The molecule has 0 N–H and O–H groups in total. The Balaban J connectivity index is 1.98. The molecule has 1 nitrogen and oxygen atoms in total. The van der Waals surface area contributed by atoms with E-state index in [0.717, 1.165) is 28.7 Å². The van der Waals surface area contributed by atoms with Crippen LogP contribution >= 0.6 is 0 Å². The molecule has 2 aromatic carbocycles. The molecule has 0 aliphatic heterocycles. The van der Waals surface area contributed by atoms with E-state index < -0.39 is 0 Å². The summed E-state index contributed by atoms with van der Waals surface area (Å²) in [5, 5.41) is 0. The highest BCUT2D eigenvalue weighted by molar-refractivity contribution is 6.13. The van der Waals surface area contributed by atoms with E-state index in [1.165, 1.54) is 12.1 Å². The van der Waals surface area contributed by atoms with E-state index in [1.807, 2.05) is 30.3 Å². The molecule has 19 heavy (non-hydrogen) atoms. The Bertz CT molecular complexity index is 670. The van der Waals surface area contributed by atoms with Crippen molar-refractivity contribution in [2.75, 3.05) is 0 Å². The van der Waals surface area contributed by atoms with Crippen molar-refractivity contribution in [3.05, 3.63) is 76.6 Å². The van der Waals surface area contributed by atoms with Gasteiger partial charge in [-0.3, -0.25) is 4.79 Å². The molecule has 0 radical (unpaired) electrons. The molecule has 0 aromatic heterocycles. The monoisotopic (exact) mass is 252 g/mol. The molecule has 0 saturated heterocycles. The lowest BCUT2D eigenvalue weighted by atomic mass is 9.86. The average Bonchev–Trinajstić information content (AvgIpc) is 2.42. The fourth-order valence-electron chi connectivity index (χ4n) is 2.45. The zero-order valence-corrected chi connectivity index (χ0v) is 10.4. The number of ketones is 1. The minimum atomic E-state index is -0.280. The molecule has 0 spiro atoms. The average molecular weight is 252 g/mol. The number of aryl methyl sites for hydroxylation is 1. The van der Waals surface area contributed by atoms with Crippen molar-refractivity contribution in [3.63, 3.8) is 0 Å². The van der Waals surface area contributed by atoms with Gasteiger partial charge in [0, 0.05) is 11.1 Å². The number of allylic oxidation sites excluding steroid dienone is 1. The Labute approximate surface area is 111 Å². The van der Waals surface area contributed by atoms with Crippen LogP contribution in [0.4, 0.5) is 4.39 Å². The van der Waals surface area contributed by atoms with Gasteiger partial charge in [-0.25, -0.2) is 4.39 Å². The van der Waals surface area contributed by atoms with Gasteiger partial charge in [-0.2, -0.15) is 0 Å². The summed E-state index contributed by atoms with van der Waals surface area (Å²) in [5.41, 5.74) is 3.37. The van der Waals surface area contributed by atoms with E-state index in [-0.39, 0.29) is 11.6 Å². The number of hydrogen-bond acceptors (Lipinski definition) is 1. The van der Waals surface area contributed by atoms with E-state index in [1.54, 1.807) is 12.1 Å². The van der Waals surface area contributed by atoms with Gasteiger partial charge >= 0.3 is 0 Å². The molecule has 0 heterocycles. The molecule has 0 bridgehead atoms. The number of benzene rings is 2. The van der Waals surface area contributed by atoms with E-state index in [0.29, 0.717) is 6.42 Å². The number of rotatable bonds is 1. The minimum absolute atomic E-state index is 0.0612. The van der Waals surface area contributed by atoms with Crippen LogP contribution in [0.25, 0.3) is 6.08 Å². The summed E-state index contributed by atoms with van der Waals surface area (Å²) in [5.74, 6) is -0.218. The quantitative estimate of drug-likeness (QED) is 0.700. The molecular weight excluding hydrogens is 239 g/mol. The van der Waals surface area contributed by atoms with Gasteiger partial charge < -0.3 is 0 Å². The molecule has 0 fully saturated rings. The predicted octanol–water partition coefficient (Wildman–Crippen LogP) is 4.04. The molecule has 0 amide bonds. The van der Waals surface area contributed by atoms with Gasteiger partial charge in [0.1, 0.15) is 5.82 Å². The standard InChI is InChI=1S/C17H13FO/c18-15-6-3-4-12(11-15)10-14-9-8-13-5-1-2-7-16(13)17(14)19/h1-7,10-11H,8-9H2/b14-10+. The zero-order valence-electron chi connectivity index (χ0n) is 10.4. The molecule has 0 unspecified atom stereocenters. The number of halogens is 1. The highest BCUT2D eigenvalue weighted by Gasteiger charge is 2.20. The Morgan fingerprint density at radius 2 is 1.84 bits per heavy atom. The first-order chi connectivity index (χ1) is 9.24. The van der Waals surface area contributed by atoms with Crippen LogP contribution in [-0.4, -0.2) is 5.78 Å². The Kier molecular flexibility index (Phi) is 3.00. The Hall–Kier alpha value is -2.22. The van der Waals surface area contributed by atoms with Gasteiger partial charge in [0.25, 0.3) is 0 Å². The van der Waals surface area contributed by atoms with Crippen LogP contribution in [0.15, 0.2) is 54.1 Å². The Morgan fingerprint density at radius 1 is 1.00 bits per heavy atom. The fraction of sp³-hybridized carbons (Fsp3) is 0.118. The van der Waals surface area contributed by atoms with E-state index >= 15 is 0 Å². The largest absolute Gasteiger partial charge is 0.289 e. The summed E-state index contributed by atoms with van der Waals surface area (Å²) in [6.45, 7) is 0. The van der Waals surface area contributed by atoms with Gasteiger partial charge in [-0.1, -0.05) is 36.4 Å². The summed E-state index contributed by atoms with van der Waals surface area (Å²) >= 11 is 0. The van der Waals surface area contributed by atoms with Crippen LogP contribution in [0.1, 0.15) is 27.9 Å². The summed E-state index contributed by atoms with van der Waals surface area (Å²) in [7, 11) is 0. The van der Waals surface area contributed by atoms with Crippen molar-refractivity contribution in [2.24, 2.45) is 0 Å². The summed E-state index contributed by atoms with van der Waals surface area (Å²) in [6.07, 6.45) is 3.37. The topological polar surface area (TPSA) is 17.1 Å². The smallest absolute Gasteiger partial charge is 0.189 e. The maximum atomic E-state index is 13.1. The summed E-state index contributed by atoms with van der Waals surface area (Å²) < 4.78 is 13.1. The van der Waals surface area contributed by atoms with Crippen molar-refractivity contribution < 1.29 is 9.18 Å². The Morgan fingerprint density at radius 3 is 2.68 bits per heavy atom. The SMILES string of the molecule is O=C1/C(=C/c2cccc(F)c2)CCc2ccccc21. The van der Waals surface area contributed by atoms with Crippen molar-refractivity contribution in [1.82, 2.24) is 0 Å². The van der Waals surface area contributed by atoms with E-state index in [9.17, 15) is 9.18 Å². The van der Waals surface area contributed by atoms with Gasteiger partial charge in [0.05, 0.1) is 0 Å². The molecule has 2 aromatic rings. The summed E-state index contributed by atoms with van der Waals surface area (Å²) in [6, 6.07) is 14.0. The molecule has 94 valence electrons. The highest BCUT2D eigenvalue weighted by Crippen LogP contribution is 2.26. The second-order valence-electron chi connectivity index (χ2n) is 4.71. The van der Waals surface area contributed by atoms with Crippen molar-refractivity contribution in [3.8, 4) is 0 Å². The van der Waals surface area contributed by atoms with Gasteiger partial charge in [-0.15, -0.1) is 0 Å². The fourth-order valence-corrected chi connectivity index (χ4v) is 2.45. The third kappa shape index (κ3) is 2.34. The highest BCUT2D eigenvalue weighted by atomic mass is 19.1. The first kappa shape index (κ1) is 11.8. The third-order valence-corrected chi connectivity index (χ3v) is 3.41. The lowest BCUT2D eigenvalue weighted by molar-refractivity contribution is 0.102. The van der Waals surface area contributed by atoms with Crippen LogP contribution in [0, 0.1) is 5.82 Å². The normalized spacial score (nSPS) is 16.5. The lowest BCUT2D eigenvalue weighted by Crippen LogP contribution is -2.13. The minimum Gasteiger partial charge on any atom is -0.289 e. The predicted molar refractivity (Wildman–Crippen MR) is 73.5 cm³/mol. The second-order valence-corrected chi connectivity index (χ2v) is 4.71. The van der Waals surface area contributed by atoms with E-state index in [2.05, 4.69) is 0 Å². The van der Waals surface area contributed by atoms with Crippen LogP contribution < -0.4 is 0 Å². The number of Topliss-reactive ketones (excluding diaryl/α,β-unsaturated/α-hetero) is 1. The molecule has 1 aliphatic rings. The second kappa shape index (κ2) is 4.81. The molecular formula is C17H13FO. The molecule has 3 rings (SSSR count). The first-order valence-electron chi connectivity index (χ1n) is 6.33. The lowest BCUT2D eigenvalue weighted by Gasteiger charge is -2.17. The molecule has 0 saturated carbocycles. The zero-order chi connectivity index (χ0) is 13.2. The van der Waals surface area contributed by atoms with Crippen LogP contribution in [0.2, 0.25) is 0 Å². The van der Waals surface area contributed by atoms with Crippen molar-refractivity contribution in [1.29, 1.82) is 0 Å². The first-order valence-corrected chi connectivity index (χ1v) is 6.33. The van der Waals surface area contributed by atoms with Crippen molar-refractivity contribution >= 4 is 11.9 Å². The van der Waals surface area contributed by atoms with Crippen LogP contribution in [0.3, 0.4) is 0 Å². The van der Waals surface area contributed by atoms with Gasteiger partial charge in [0.2, 0.25) is 0 Å². The summed E-state index contributed by atoms with van der Waals surface area (Å²) in [4.78, 5) is 12.3. The van der Waals surface area contributed by atoms with Crippen molar-refractivity contribution in [2.45, 2.75) is 12.8 Å². The third-order valence-electron chi connectivity index (χ3n) is 3.41. The van der Waals surface area contributed by atoms with E-state index in [4.69, 9.17) is 0 Å². The molecule has 1 aliphatic carbocycles.